The van der Waals surface area contributed by atoms with Crippen LogP contribution in [0.1, 0.15) is 37.8 Å². The first-order chi connectivity index (χ1) is 10.1. The number of carbonyl (C=O) groups excluding carboxylic acids is 2. The number of hydrogen-bond donors (Lipinski definition) is 1. The van der Waals surface area contributed by atoms with Crippen molar-refractivity contribution in [1.29, 1.82) is 0 Å². The lowest BCUT2D eigenvalue weighted by Gasteiger charge is -2.23. The average Bonchev–Trinajstić information content (AvgIpc) is 2.54. The smallest absolute Gasteiger partial charge is 0.327 e. The lowest BCUT2D eigenvalue weighted by atomic mass is 10.0. The van der Waals surface area contributed by atoms with Gasteiger partial charge in [0.15, 0.2) is 0 Å². The fourth-order valence-electron chi connectivity index (χ4n) is 2.08. The van der Waals surface area contributed by atoms with E-state index in [0.717, 1.165) is 18.4 Å². The number of benzene rings is 1. The average molecular weight is 293 g/mol. The SMILES string of the molecule is CCCCC(NC(C(=O)OC)c1ccccc1)C(=O)OC. The van der Waals surface area contributed by atoms with Crippen LogP contribution in [0, 0.1) is 0 Å². The van der Waals surface area contributed by atoms with Crippen LogP contribution in [0.15, 0.2) is 30.3 Å². The molecule has 0 bridgehead atoms. The monoisotopic (exact) mass is 293 g/mol. The second kappa shape index (κ2) is 9.13. The Bertz CT molecular complexity index is 447. The molecule has 0 radical (unpaired) electrons. The van der Waals surface area contributed by atoms with Gasteiger partial charge in [-0.1, -0.05) is 50.1 Å². The molecule has 116 valence electrons. The van der Waals surface area contributed by atoms with Gasteiger partial charge in [0.05, 0.1) is 14.2 Å². The Morgan fingerprint density at radius 2 is 1.71 bits per heavy atom. The molecule has 21 heavy (non-hydrogen) atoms. The van der Waals surface area contributed by atoms with E-state index in [-0.39, 0.29) is 5.97 Å². The molecular weight excluding hydrogens is 270 g/mol. The van der Waals surface area contributed by atoms with Gasteiger partial charge in [0.1, 0.15) is 12.1 Å². The molecule has 2 atom stereocenters. The Hall–Kier alpha value is -1.88. The number of methoxy groups -OCH3 is 2. The Kier molecular flexibility index (Phi) is 7.46. The van der Waals surface area contributed by atoms with Crippen LogP contribution in [-0.2, 0) is 19.1 Å². The van der Waals surface area contributed by atoms with E-state index in [9.17, 15) is 9.59 Å². The highest BCUT2D eigenvalue weighted by Crippen LogP contribution is 2.17. The molecule has 5 heteroatoms. The lowest BCUT2D eigenvalue weighted by molar-refractivity contribution is -0.146. The fourth-order valence-corrected chi connectivity index (χ4v) is 2.08. The van der Waals surface area contributed by atoms with Crippen molar-refractivity contribution in [2.24, 2.45) is 0 Å². The topological polar surface area (TPSA) is 64.6 Å². The molecule has 0 saturated carbocycles. The van der Waals surface area contributed by atoms with Crippen LogP contribution < -0.4 is 5.32 Å². The van der Waals surface area contributed by atoms with Crippen LogP contribution >= 0.6 is 0 Å². The molecule has 0 aliphatic heterocycles. The molecule has 1 N–H and O–H groups in total. The van der Waals surface area contributed by atoms with E-state index in [0.29, 0.717) is 6.42 Å². The highest BCUT2D eigenvalue weighted by atomic mass is 16.5. The summed E-state index contributed by atoms with van der Waals surface area (Å²) >= 11 is 0. The molecule has 0 fully saturated rings. The van der Waals surface area contributed by atoms with Crippen LogP contribution in [0.25, 0.3) is 0 Å². The molecular formula is C16H23NO4. The van der Waals surface area contributed by atoms with Crippen molar-refractivity contribution >= 4 is 11.9 Å². The predicted octanol–water partition coefficient (Wildman–Crippen LogP) is 2.22. The Morgan fingerprint density at radius 1 is 1.10 bits per heavy atom. The van der Waals surface area contributed by atoms with E-state index in [4.69, 9.17) is 9.47 Å². The van der Waals surface area contributed by atoms with Crippen LogP contribution in [0.3, 0.4) is 0 Å². The molecule has 0 aliphatic carbocycles. The Balaban J connectivity index is 2.92. The first kappa shape index (κ1) is 17.2. The molecule has 0 amide bonds. The normalized spacial score (nSPS) is 13.3. The van der Waals surface area contributed by atoms with Crippen molar-refractivity contribution in [3.63, 3.8) is 0 Å². The van der Waals surface area contributed by atoms with Crippen molar-refractivity contribution in [1.82, 2.24) is 5.32 Å². The van der Waals surface area contributed by atoms with E-state index in [2.05, 4.69) is 5.32 Å². The minimum atomic E-state index is -0.683. The van der Waals surface area contributed by atoms with Gasteiger partial charge < -0.3 is 9.47 Å². The van der Waals surface area contributed by atoms with Crippen LogP contribution in [0.4, 0.5) is 0 Å². The molecule has 5 nitrogen and oxygen atoms in total. The number of rotatable bonds is 8. The van der Waals surface area contributed by atoms with Gasteiger partial charge in [0.25, 0.3) is 0 Å². The van der Waals surface area contributed by atoms with E-state index < -0.39 is 18.1 Å². The molecule has 0 aliphatic rings. The van der Waals surface area contributed by atoms with Crippen molar-refractivity contribution in [3.8, 4) is 0 Å². The maximum Gasteiger partial charge on any atom is 0.327 e. The molecule has 0 aromatic heterocycles. The largest absolute Gasteiger partial charge is 0.468 e. The van der Waals surface area contributed by atoms with Gasteiger partial charge >= 0.3 is 11.9 Å². The summed E-state index contributed by atoms with van der Waals surface area (Å²) in [4.78, 5) is 23.9. The predicted molar refractivity (Wildman–Crippen MR) is 79.7 cm³/mol. The third-order valence-corrected chi connectivity index (χ3v) is 3.27. The second-order valence-corrected chi connectivity index (χ2v) is 4.75. The van der Waals surface area contributed by atoms with Gasteiger partial charge in [-0.3, -0.25) is 10.1 Å². The summed E-state index contributed by atoms with van der Waals surface area (Å²) in [6.07, 6.45) is 2.45. The Labute approximate surface area is 125 Å². The first-order valence-corrected chi connectivity index (χ1v) is 7.10. The molecule has 2 unspecified atom stereocenters. The van der Waals surface area contributed by atoms with Crippen LogP contribution in [0.5, 0.6) is 0 Å². The Morgan fingerprint density at radius 3 is 2.24 bits per heavy atom. The lowest BCUT2D eigenvalue weighted by Crippen LogP contribution is -2.43. The highest BCUT2D eigenvalue weighted by molar-refractivity contribution is 5.80. The molecule has 1 aromatic carbocycles. The van der Waals surface area contributed by atoms with Gasteiger partial charge in [-0.15, -0.1) is 0 Å². The number of nitrogens with one attached hydrogen (secondary N) is 1. The number of unbranched alkanes of at least 4 members (excludes halogenated alkanes) is 1. The zero-order valence-corrected chi connectivity index (χ0v) is 12.8. The zero-order chi connectivity index (χ0) is 15.7. The first-order valence-electron chi connectivity index (χ1n) is 7.10. The minimum absolute atomic E-state index is 0.367. The molecule has 0 spiro atoms. The molecule has 1 aromatic rings. The summed E-state index contributed by atoms with van der Waals surface area (Å²) in [7, 11) is 2.68. The van der Waals surface area contributed by atoms with Gasteiger partial charge in [-0.05, 0) is 12.0 Å². The van der Waals surface area contributed by atoms with Crippen molar-refractivity contribution in [2.45, 2.75) is 38.3 Å². The van der Waals surface area contributed by atoms with Gasteiger partial charge in [0, 0.05) is 0 Å². The van der Waals surface area contributed by atoms with E-state index in [1.807, 2.05) is 37.3 Å². The van der Waals surface area contributed by atoms with E-state index in [1.165, 1.54) is 14.2 Å². The molecule has 0 heterocycles. The van der Waals surface area contributed by atoms with Crippen molar-refractivity contribution in [2.75, 3.05) is 14.2 Å². The number of esters is 2. The highest BCUT2D eigenvalue weighted by Gasteiger charge is 2.28. The van der Waals surface area contributed by atoms with Crippen LogP contribution in [-0.4, -0.2) is 32.2 Å². The van der Waals surface area contributed by atoms with E-state index in [1.54, 1.807) is 0 Å². The number of carbonyl (C=O) groups is 2. The standard InChI is InChI=1S/C16H23NO4/c1-4-5-11-13(15(18)20-2)17-14(16(19)21-3)12-9-7-6-8-10-12/h6-10,13-14,17H,4-5,11H2,1-3H3. The maximum absolute atomic E-state index is 12.0. The summed E-state index contributed by atoms with van der Waals surface area (Å²) in [5.41, 5.74) is 0.759. The number of hydrogen-bond acceptors (Lipinski definition) is 5. The third kappa shape index (κ3) is 5.19. The van der Waals surface area contributed by atoms with Crippen LogP contribution in [0.2, 0.25) is 0 Å². The van der Waals surface area contributed by atoms with E-state index >= 15 is 0 Å². The van der Waals surface area contributed by atoms with Crippen molar-refractivity contribution < 1.29 is 19.1 Å². The molecule has 1 rings (SSSR count). The zero-order valence-electron chi connectivity index (χ0n) is 12.8. The summed E-state index contributed by atoms with van der Waals surface area (Å²) in [5.74, 6) is -0.792. The number of ether oxygens (including phenoxy) is 2. The van der Waals surface area contributed by atoms with Gasteiger partial charge in [-0.2, -0.15) is 0 Å². The quantitative estimate of drug-likeness (QED) is 0.745. The summed E-state index contributed by atoms with van der Waals surface area (Å²) in [5, 5.41) is 3.06. The fraction of sp³-hybridized carbons (Fsp3) is 0.500. The third-order valence-electron chi connectivity index (χ3n) is 3.27. The summed E-state index contributed by atoms with van der Waals surface area (Å²) in [6.45, 7) is 2.04. The molecule has 0 saturated heterocycles. The summed E-state index contributed by atoms with van der Waals surface area (Å²) in [6, 6.07) is 7.98. The summed E-state index contributed by atoms with van der Waals surface area (Å²) < 4.78 is 9.64. The van der Waals surface area contributed by atoms with Crippen molar-refractivity contribution in [3.05, 3.63) is 35.9 Å². The minimum Gasteiger partial charge on any atom is -0.468 e. The van der Waals surface area contributed by atoms with Gasteiger partial charge in [-0.25, -0.2) is 4.79 Å². The second-order valence-electron chi connectivity index (χ2n) is 4.75. The maximum atomic E-state index is 12.0. The van der Waals surface area contributed by atoms with Gasteiger partial charge in [0.2, 0.25) is 0 Å².